The highest BCUT2D eigenvalue weighted by Crippen LogP contribution is 2.44. The van der Waals surface area contributed by atoms with Crippen LogP contribution in [0, 0.1) is 0 Å². The van der Waals surface area contributed by atoms with Crippen molar-refractivity contribution in [2.45, 2.75) is 37.9 Å². The predicted molar refractivity (Wildman–Crippen MR) is 98.6 cm³/mol. The molecule has 1 N–H and O–H groups in total. The quantitative estimate of drug-likeness (QED) is 0.806. The second-order valence-electron chi connectivity index (χ2n) is 6.94. The van der Waals surface area contributed by atoms with Gasteiger partial charge in [-0.1, -0.05) is 23.2 Å². The van der Waals surface area contributed by atoms with Crippen molar-refractivity contribution in [2.75, 3.05) is 13.7 Å². The average Bonchev–Trinajstić information content (AvgIpc) is 3.17. The van der Waals surface area contributed by atoms with Crippen molar-refractivity contribution in [1.82, 2.24) is 15.2 Å². The van der Waals surface area contributed by atoms with Gasteiger partial charge in [-0.25, -0.2) is 8.78 Å². The summed E-state index contributed by atoms with van der Waals surface area (Å²) in [6, 6.07) is 0.557. The van der Waals surface area contributed by atoms with Crippen molar-refractivity contribution < 1.29 is 18.3 Å². The summed E-state index contributed by atoms with van der Waals surface area (Å²) in [6.07, 6.45) is 1.17. The van der Waals surface area contributed by atoms with Crippen LogP contribution in [-0.2, 0) is 11.3 Å². The smallest absolute Gasteiger partial charge is 0.262 e. The van der Waals surface area contributed by atoms with Crippen molar-refractivity contribution in [2.24, 2.45) is 0 Å². The third kappa shape index (κ3) is 2.92. The lowest BCUT2D eigenvalue weighted by Crippen LogP contribution is -2.42. The highest BCUT2D eigenvalue weighted by atomic mass is 35.5. The van der Waals surface area contributed by atoms with E-state index in [2.05, 4.69) is 10.3 Å². The van der Waals surface area contributed by atoms with E-state index in [4.69, 9.17) is 27.9 Å². The van der Waals surface area contributed by atoms with Gasteiger partial charge in [-0.05, 0) is 24.1 Å². The Labute approximate surface area is 164 Å². The lowest BCUT2D eigenvalue weighted by molar-refractivity contribution is -0.135. The normalized spacial score (nSPS) is 23.7. The topological polar surface area (TPSA) is 54.5 Å². The van der Waals surface area contributed by atoms with Crippen molar-refractivity contribution in [3.05, 3.63) is 33.4 Å². The minimum atomic E-state index is -2.86. The van der Waals surface area contributed by atoms with Gasteiger partial charge in [0.1, 0.15) is 10.8 Å². The van der Waals surface area contributed by atoms with Gasteiger partial charge in [-0.3, -0.25) is 15.1 Å². The number of nitrogens with one attached hydrogen (secondary N) is 1. The van der Waals surface area contributed by atoms with Crippen LogP contribution in [-0.4, -0.2) is 41.4 Å². The van der Waals surface area contributed by atoms with Crippen molar-refractivity contribution in [3.63, 3.8) is 0 Å². The molecule has 0 spiro atoms. The van der Waals surface area contributed by atoms with Crippen molar-refractivity contribution >= 4 is 40.0 Å². The number of hydrogen-bond donors (Lipinski definition) is 1. The van der Waals surface area contributed by atoms with Gasteiger partial charge in [-0.2, -0.15) is 0 Å². The summed E-state index contributed by atoms with van der Waals surface area (Å²) in [5.41, 5.74) is 2.26. The number of nitrogens with zero attached hydrogens (tertiary/aromatic N) is 2. The van der Waals surface area contributed by atoms with Gasteiger partial charge in [-0.15, -0.1) is 0 Å². The van der Waals surface area contributed by atoms with Crippen LogP contribution in [0.1, 0.15) is 30.5 Å². The molecule has 2 atom stereocenters. The second kappa shape index (κ2) is 6.43. The van der Waals surface area contributed by atoms with Crippen LogP contribution >= 0.6 is 23.2 Å². The molecular weight excluding hydrogens is 399 g/mol. The molecule has 2 aliphatic heterocycles. The molecule has 1 fully saturated rings. The van der Waals surface area contributed by atoms with Gasteiger partial charge >= 0.3 is 0 Å². The monoisotopic (exact) mass is 415 g/mol. The number of carbonyl (C=O) groups is 1. The Balaban J connectivity index is 1.74. The van der Waals surface area contributed by atoms with Gasteiger partial charge in [0.2, 0.25) is 5.91 Å². The minimum absolute atomic E-state index is 0.273. The highest BCUT2D eigenvalue weighted by Gasteiger charge is 2.45. The zero-order chi connectivity index (χ0) is 19.5. The Morgan fingerprint density at radius 1 is 1.41 bits per heavy atom. The molecule has 27 heavy (non-hydrogen) atoms. The van der Waals surface area contributed by atoms with Crippen LogP contribution in [0.4, 0.5) is 8.78 Å². The van der Waals surface area contributed by atoms with Crippen molar-refractivity contribution in [3.8, 4) is 5.75 Å². The van der Waals surface area contributed by atoms with Gasteiger partial charge < -0.3 is 9.64 Å². The molecule has 4 rings (SSSR count). The fraction of sp³-hybridized carbons (Fsp3) is 0.444. The zero-order valence-electron chi connectivity index (χ0n) is 14.7. The van der Waals surface area contributed by atoms with Crippen LogP contribution in [0.5, 0.6) is 5.75 Å². The lowest BCUT2D eigenvalue weighted by atomic mass is 10.0. The number of rotatable bonds is 2. The van der Waals surface area contributed by atoms with E-state index in [9.17, 15) is 13.6 Å². The summed E-state index contributed by atoms with van der Waals surface area (Å²) in [5, 5.41) is 3.92. The molecule has 3 heterocycles. The number of aromatic nitrogens is 1. The van der Waals surface area contributed by atoms with E-state index in [1.807, 2.05) is 6.92 Å². The van der Waals surface area contributed by atoms with Crippen LogP contribution in [0.15, 0.2) is 12.3 Å². The maximum atomic E-state index is 13.5. The molecule has 2 aromatic rings. The van der Waals surface area contributed by atoms with Gasteiger partial charge in [0.05, 0.1) is 36.3 Å². The van der Waals surface area contributed by atoms with E-state index < -0.39 is 24.9 Å². The first-order valence-corrected chi connectivity index (χ1v) is 9.24. The molecule has 0 aliphatic carbocycles. The molecule has 9 heteroatoms. The van der Waals surface area contributed by atoms with Crippen LogP contribution < -0.4 is 10.1 Å². The first kappa shape index (κ1) is 18.7. The molecular formula is C18H17Cl2F2N3O2. The number of amides is 1. The molecule has 0 unspecified atom stereocenters. The number of halogens is 4. The van der Waals surface area contributed by atoms with E-state index in [0.29, 0.717) is 17.8 Å². The molecule has 5 nitrogen and oxygen atoms in total. The first-order valence-electron chi connectivity index (χ1n) is 8.48. The van der Waals surface area contributed by atoms with E-state index in [1.54, 1.807) is 17.2 Å². The Morgan fingerprint density at radius 2 is 2.15 bits per heavy atom. The minimum Gasteiger partial charge on any atom is -0.495 e. The molecule has 1 amide bonds. The molecule has 1 saturated heterocycles. The Morgan fingerprint density at radius 3 is 2.78 bits per heavy atom. The van der Waals surface area contributed by atoms with Crippen LogP contribution in [0.2, 0.25) is 10.0 Å². The third-order valence-electron chi connectivity index (χ3n) is 5.27. The molecule has 0 bridgehead atoms. The number of fused-ring (bicyclic) bond motifs is 3. The standard InChI is InChI=1S/C18H17Cl2F2N3O2/c1-8-13-9(6-25(8)17(26)11-4-18(21,22)7-24-11)5-23-16-10(13)3-12(27-2)14(19)15(16)20/h3,5,8,11,24H,4,6-7H2,1-2H3/t8-,11+/m0/s1. The summed E-state index contributed by atoms with van der Waals surface area (Å²) < 4.78 is 32.3. The fourth-order valence-electron chi connectivity index (χ4n) is 3.91. The number of alkyl halides is 2. The number of ether oxygens (including phenoxy) is 1. The fourth-order valence-corrected chi connectivity index (χ4v) is 4.38. The van der Waals surface area contributed by atoms with E-state index in [-0.39, 0.29) is 22.0 Å². The van der Waals surface area contributed by atoms with Crippen molar-refractivity contribution in [1.29, 1.82) is 0 Å². The predicted octanol–water partition coefficient (Wildman–Crippen LogP) is 3.95. The highest BCUT2D eigenvalue weighted by molar-refractivity contribution is 6.46. The van der Waals surface area contributed by atoms with E-state index in [0.717, 1.165) is 16.5 Å². The number of pyridine rings is 1. The van der Waals surface area contributed by atoms with E-state index in [1.165, 1.54) is 7.11 Å². The Bertz CT molecular complexity index is 954. The molecule has 1 aromatic heterocycles. The van der Waals surface area contributed by atoms with Gasteiger partial charge in [0.15, 0.2) is 0 Å². The van der Waals surface area contributed by atoms with Crippen LogP contribution in [0.3, 0.4) is 0 Å². The maximum Gasteiger partial charge on any atom is 0.262 e. The summed E-state index contributed by atoms with van der Waals surface area (Å²) in [4.78, 5) is 18.8. The SMILES string of the molecule is COc1cc2c3c(cnc2c(Cl)c1Cl)CN(C(=O)[C@H]1CC(F)(F)CN1)[C@H]3C. The molecule has 0 radical (unpaired) electrons. The van der Waals surface area contributed by atoms with E-state index >= 15 is 0 Å². The molecule has 0 saturated carbocycles. The lowest BCUT2D eigenvalue weighted by Gasteiger charge is -2.25. The zero-order valence-corrected chi connectivity index (χ0v) is 16.2. The Kier molecular flexibility index (Phi) is 4.44. The number of carbonyl (C=O) groups excluding carboxylic acids is 1. The van der Waals surface area contributed by atoms with Crippen LogP contribution in [0.25, 0.3) is 10.9 Å². The summed E-state index contributed by atoms with van der Waals surface area (Å²) >= 11 is 12.6. The second-order valence-corrected chi connectivity index (χ2v) is 7.69. The number of hydrogen-bond acceptors (Lipinski definition) is 4. The largest absolute Gasteiger partial charge is 0.495 e. The average molecular weight is 416 g/mol. The Hall–Kier alpha value is -1.70. The number of methoxy groups -OCH3 is 1. The number of benzene rings is 1. The van der Waals surface area contributed by atoms with Gasteiger partial charge in [0, 0.05) is 24.5 Å². The molecule has 2 aliphatic rings. The summed E-state index contributed by atoms with van der Waals surface area (Å²) in [6.45, 7) is 1.70. The van der Waals surface area contributed by atoms with Gasteiger partial charge in [0.25, 0.3) is 5.92 Å². The molecule has 144 valence electrons. The maximum absolute atomic E-state index is 13.5. The summed E-state index contributed by atoms with van der Waals surface area (Å²) in [5.74, 6) is -2.78. The summed E-state index contributed by atoms with van der Waals surface area (Å²) in [7, 11) is 1.49. The third-order valence-corrected chi connectivity index (χ3v) is 6.11. The first-order chi connectivity index (χ1) is 12.7. The molecule has 1 aromatic carbocycles.